The second-order valence-corrected chi connectivity index (χ2v) is 6.42. The number of hydrogen-bond acceptors (Lipinski definition) is 3. The van der Waals surface area contributed by atoms with Crippen LogP contribution in [0.1, 0.15) is 25.3 Å². The second kappa shape index (κ2) is 6.88. The maximum absolute atomic E-state index is 12.6. The van der Waals surface area contributed by atoms with Crippen molar-refractivity contribution in [2.24, 2.45) is 11.1 Å². The van der Waals surface area contributed by atoms with Crippen LogP contribution in [-0.2, 0) is 11.0 Å². The summed E-state index contributed by atoms with van der Waals surface area (Å²) in [5, 5.41) is 2.52. The van der Waals surface area contributed by atoms with Crippen molar-refractivity contribution in [1.82, 2.24) is 4.90 Å². The molecular formula is C16H22F3N3O. The first-order valence-electron chi connectivity index (χ1n) is 7.61. The van der Waals surface area contributed by atoms with E-state index >= 15 is 0 Å². The Bertz CT molecular complexity index is 562. The zero-order valence-corrected chi connectivity index (χ0v) is 13.1. The van der Waals surface area contributed by atoms with Crippen molar-refractivity contribution in [3.05, 3.63) is 29.8 Å². The molecule has 4 nitrogen and oxygen atoms in total. The molecule has 0 saturated carbocycles. The van der Waals surface area contributed by atoms with Gasteiger partial charge in [-0.05, 0) is 43.1 Å². The van der Waals surface area contributed by atoms with Crippen molar-refractivity contribution < 1.29 is 18.0 Å². The van der Waals surface area contributed by atoms with E-state index in [-0.39, 0.29) is 23.4 Å². The highest BCUT2D eigenvalue weighted by Gasteiger charge is 2.32. The zero-order chi connectivity index (χ0) is 17.1. The van der Waals surface area contributed by atoms with Crippen molar-refractivity contribution in [1.29, 1.82) is 0 Å². The maximum Gasteiger partial charge on any atom is 0.416 e. The molecule has 1 aromatic rings. The molecule has 0 aromatic heterocycles. The Morgan fingerprint density at radius 1 is 1.43 bits per heavy atom. The number of rotatable bonds is 5. The van der Waals surface area contributed by atoms with E-state index in [2.05, 4.69) is 17.1 Å². The van der Waals surface area contributed by atoms with Crippen LogP contribution in [-0.4, -0.2) is 37.0 Å². The van der Waals surface area contributed by atoms with Crippen molar-refractivity contribution in [3.8, 4) is 0 Å². The Hall–Kier alpha value is -1.60. The highest BCUT2D eigenvalue weighted by molar-refractivity contribution is 5.90. The van der Waals surface area contributed by atoms with Gasteiger partial charge in [-0.1, -0.05) is 13.0 Å². The standard InChI is InChI=1S/C16H22F3N3O/c1-15(10-20)6-8-22(11-15)7-5-14(23)21-13-4-2-3-12(9-13)16(17,18)19/h2-4,9H,5-8,10-11,20H2,1H3,(H,21,23). The first kappa shape index (κ1) is 17.7. The van der Waals surface area contributed by atoms with Crippen molar-refractivity contribution in [2.75, 3.05) is 31.5 Å². The summed E-state index contributed by atoms with van der Waals surface area (Å²) in [6, 6.07) is 4.66. The Kier molecular flexibility index (Phi) is 5.31. The third-order valence-corrected chi connectivity index (χ3v) is 4.26. The van der Waals surface area contributed by atoms with E-state index in [1.54, 1.807) is 0 Å². The molecule has 7 heteroatoms. The molecule has 1 aromatic carbocycles. The second-order valence-electron chi connectivity index (χ2n) is 6.42. The number of nitrogens with one attached hydrogen (secondary N) is 1. The third-order valence-electron chi connectivity index (χ3n) is 4.26. The van der Waals surface area contributed by atoms with Crippen molar-refractivity contribution >= 4 is 11.6 Å². The van der Waals surface area contributed by atoms with E-state index in [1.807, 2.05) is 0 Å². The molecular weight excluding hydrogens is 307 g/mol. The minimum atomic E-state index is -4.41. The summed E-state index contributed by atoms with van der Waals surface area (Å²) in [6.45, 7) is 5.06. The van der Waals surface area contributed by atoms with Gasteiger partial charge in [0, 0.05) is 25.2 Å². The Balaban J connectivity index is 1.84. The fourth-order valence-electron chi connectivity index (χ4n) is 2.74. The zero-order valence-electron chi connectivity index (χ0n) is 13.1. The summed E-state index contributed by atoms with van der Waals surface area (Å²) in [5.74, 6) is -0.286. The molecule has 0 radical (unpaired) electrons. The fourth-order valence-corrected chi connectivity index (χ4v) is 2.74. The normalized spacial score (nSPS) is 22.3. The molecule has 3 N–H and O–H groups in total. The van der Waals surface area contributed by atoms with Gasteiger partial charge in [0.1, 0.15) is 0 Å². The van der Waals surface area contributed by atoms with Crippen LogP contribution in [0, 0.1) is 5.41 Å². The van der Waals surface area contributed by atoms with Crippen LogP contribution in [0.2, 0.25) is 0 Å². The Labute approximate surface area is 133 Å². The fraction of sp³-hybridized carbons (Fsp3) is 0.562. The molecule has 23 heavy (non-hydrogen) atoms. The molecule has 0 bridgehead atoms. The lowest BCUT2D eigenvalue weighted by Gasteiger charge is -2.22. The lowest BCUT2D eigenvalue weighted by atomic mass is 9.90. The molecule has 1 amide bonds. The maximum atomic E-state index is 12.6. The summed E-state index contributed by atoms with van der Waals surface area (Å²) in [7, 11) is 0. The van der Waals surface area contributed by atoms with Crippen LogP contribution in [0.15, 0.2) is 24.3 Å². The number of carbonyl (C=O) groups excluding carboxylic acids is 1. The van der Waals surface area contributed by atoms with Gasteiger partial charge < -0.3 is 16.0 Å². The van der Waals surface area contributed by atoms with Gasteiger partial charge in [0.2, 0.25) is 5.91 Å². The molecule has 2 rings (SSSR count). The van der Waals surface area contributed by atoms with E-state index < -0.39 is 11.7 Å². The largest absolute Gasteiger partial charge is 0.416 e. The molecule has 1 fully saturated rings. The molecule has 1 saturated heterocycles. The number of halogens is 3. The van der Waals surface area contributed by atoms with Crippen LogP contribution in [0.5, 0.6) is 0 Å². The monoisotopic (exact) mass is 329 g/mol. The number of hydrogen-bond donors (Lipinski definition) is 2. The SMILES string of the molecule is CC1(CN)CCN(CCC(=O)Nc2cccc(C(F)(F)F)c2)C1. The van der Waals surface area contributed by atoms with Gasteiger partial charge in [0.15, 0.2) is 0 Å². The lowest BCUT2D eigenvalue weighted by molar-refractivity contribution is -0.137. The topological polar surface area (TPSA) is 58.4 Å². The third kappa shape index (κ3) is 4.94. The van der Waals surface area contributed by atoms with Gasteiger partial charge in [-0.15, -0.1) is 0 Å². The van der Waals surface area contributed by atoms with E-state index in [4.69, 9.17) is 5.73 Å². The molecule has 1 atom stereocenters. The minimum absolute atomic E-state index is 0.0948. The van der Waals surface area contributed by atoms with Crippen LogP contribution in [0.3, 0.4) is 0 Å². The molecule has 0 spiro atoms. The van der Waals surface area contributed by atoms with Gasteiger partial charge in [-0.25, -0.2) is 0 Å². The first-order valence-corrected chi connectivity index (χ1v) is 7.61. The van der Waals surface area contributed by atoms with E-state index in [1.165, 1.54) is 12.1 Å². The summed E-state index contributed by atoms with van der Waals surface area (Å²) in [5.41, 5.74) is 5.23. The highest BCUT2D eigenvalue weighted by atomic mass is 19.4. The molecule has 1 aliphatic heterocycles. The molecule has 1 heterocycles. The number of likely N-dealkylation sites (tertiary alicyclic amines) is 1. The number of alkyl halides is 3. The Morgan fingerprint density at radius 3 is 2.78 bits per heavy atom. The highest BCUT2D eigenvalue weighted by Crippen LogP contribution is 2.31. The van der Waals surface area contributed by atoms with Gasteiger partial charge in [0.25, 0.3) is 0 Å². The van der Waals surface area contributed by atoms with Crippen LogP contribution in [0.4, 0.5) is 18.9 Å². The van der Waals surface area contributed by atoms with Crippen LogP contribution >= 0.6 is 0 Å². The lowest BCUT2D eigenvalue weighted by Crippen LogP contribution is -2.32. The number of carbonyl (C=O) groups is 1. The minimum Gasteiger partial charge on any atom is -0.330 e. The van der Waals surface area contributed by atoms with E-state index in [0.717, 1.165) is 31.6 Å². The van der Waals surface area contributed by atoms with Gasteiger partial charge in [-0.3, -0.25) is 4.79 Å². The molecule has 128 valence electrons. The number of amides is 1. The number of anilines is 1. The summed E-state index contributed by atoms with van der Waals surface area (Å²) >= 11 is 0. The van der Waals surface area contributed by atoms with Crippen molar-refractivity contribution in [2.45, 2.75) is 25.9 Å². The van der Waals surface area contributed by atoms with E-state index in [0.29, 0.717) is 13.1 Å². The van der Waals surface area contributed by atoms with Gasteiger partial charge >= 0.3 is 6.18 Å². The molecule has 0 aliphatic carbocycles. The van der Waals surface area contributed by atoms with Crippen LogP contribution in [0.25, 0.3) is 0 Å². The average molecular weight is 329 g/mol. The van der Waals surface area contributed by atoms with E-state index in [9.17, 15) is 18.0 Å². The van der Waals surface area contributed by atoms with Crippen LogP contribution < -0.4 is 11.1 Å². The summed E-state index contributed by atoms with van der Waals surface area (Å²) in [6.07, 6.45) is -3.17. The molecule has 1 aliphatic rings. The van der Waals surface area contributed by atoms with Crippen molar-refractivity contribution in [3.63, 3.8) is 0 Å². The Morgan fingerprint density at radius 2 is 2.17 bits per heavy atom. The molecule has 1 unspecified atom stereocenters. The first-order chi connectivity index (χ1) is 10.7. The summed E-state index contributed by atoms with van der Waals surface area (Å²) in [4.78, 5) is 14.1. The van der Waals surface area contributed by atoms with Gasteiger partial charge in [0.05, 0.1) is 5.56 Å². The van der Waals surface area contributed by atoms with Gasteiger partial charge in [-0.2, -0.15) is 13.2 Å². The quantitative estimate of drug-likeness (QED) is 0.873. The summed E-state index contributed by atoms with van der Waals surface area (Å²) < 4.78 is 37.9. The number of benzene rings is 1. The number of nitrogens with two attached hydrogens (primary N) is 1. The average Bonchev–Trinajstić information content (AvgIpc) is 2.87. The number of nitrogens with zero attached hydrogens (tertiary/aromatic N) is 1. The predicted octanol–water partition coefficient (Wildman–Crippen LogP) is 2.70. The predicted molar refractivity (Wildman–Crippen MR) is 82.9 cm³/mol. The smallest absolute Gasteiger partial charge is 0.330 e.